The van der Waals surface area contributed by atoms with E-state index in [0.29, 0.717) is 11.5 Å². The maximum atomic E-state index is 11.1. The predicted molar refractivity (Wildman–Crippen MR) is 58.4 cm³/mol. The lowest BCUT2D eigenvalue weighted by Gasteiger charge is -2.27. The van der Waals surface area contributed by atoms with E-state index in [1.807, 2.05) is 0 Å². The lowest BCUT2D eigenvalue weighted by molar-refractivity contribution is 0.341. The van der Waals surface area contributed by atoms with E-state index in [9.17, 15) is 4.21 Å². The molecule has 0 bridgehead atoms. The summed E-state index contributed by atoms with van der Waals surface area (Å²) in [6, 6.07) is 0.608. The Morgan fingerprint density at radius 1 is 1.31 bits per heavy atom. The maximum absolute atomic E-state index is 11.1. The third kappa shape index (κ3) is 4.77. The third-order valence-corrected chi connectivity index (χ3v) is 3.69. The van der Waals surface area contributed by atoms with Crippen molar-refractivity contribution in [2.75, 3.05) is 18.1 Å². The summed E-state index contributed by atoms with van der Waals surface area (Å²) in [5.74, 6) is 1.78. The molecule has 0 aromatic rings. The van der Waals surface area contributed by atoms with Gasteiger partial charge in [0.2, 0.25) is 0 Å². The molecule has 0 spiro atoms. The van der Waals surface area contributed by atoms with Crippen LogP contribution in [0.1, 0.15) is 33.6 Å². The molecule has 1 N–H and O–H groups in total. The van der Waals surface area contributed by atoms with Crippen molar-refractivity contribution in [3.8, 4) is 0 Å². The highest BCUT2D eigenvalue weighted by atomic mass is 32.2. The molecule has 0 saturated carbocycles. The van der Waals surface area contributed by atoms with E-state index < -0.39 is 10.8 Å². The lowest BCUT2D eigenvalue weighted by Crippen LogP contribution is -2.39. The predicted octanol–water partition coefficient (Wildman–Crippen LogP) is 1.53. The molecule has 0 aromatic heterocycles. The van der Waals surface area contributed by atoms with Gasteiger partial charge in [0.25, 0.3) is 0 Å². The minimum atomic E-state index is -0.526. The van der Waals surface area contributed by atoms with Crippen LogP contribution < -0.4 is 5.32 Å². The van der Waals surface area contributed by atoms with Crippen molar-refractivity contribution in [2.24, 2.45) is 5.41 Å². The van der Waals surface area contributed by atoms with Gasteiger partial charge in [0.1, 0.15) is 0 Å². The molecule has 0 radical (unpaired) electrons. The summed E-state index contributed by atoms with van der Waals surface area (Å²) >= 11 is 0. The molecule has 0 atom stereocenters. The zero-order chi connectivity index (χ0) is 9.90. The zero-order valence-corrected chi connectivity index (χ0v) is 9.75. The van der Waals surface area contributed by atoms with Crippen LogP contribution >= 0.6 is 0 Å². The summed E-state index contributed by atoms with van der Waals surface area (Å²) in [5, 5.41) is 3.55. The third-order valence-electron chi connectivity index (χ3n) is 2.31. The molecule has 13 heavy (non-hydrogen) atoms. The van der Waals surface area contributed by atoms with Crippen LogP contribution in [-0.4, -0.2) is 28.3 Å². The van der Waals surface area contributed by atoms with Gasteiger partial charge in [-0.25, -0.2) is 0 Å². The van der Waals surface area contributed by atoms with Crippen LogP contribution in [0.3, 0.4) is 0 Å². The zero-order valence-electron chi connectivity index (χ0n) is 8.93. The Kier molecular flexibility index (Phi) is 3.92. The normalized spacial score (nSPS) is 30.4. The molecule has 1 aliphatic rings. The Bertz CT molecular complexity index is 176. The van der Waals surface area contributed by atoms with E-state index in [-0.39, 0.29) is 0 Å². The van der Waals surface area contributed by atoms with Crippen LogP contribution in [0.5, 0.6) is 0 Å². The fraction of sp³-hybridized carbons (Fsp3) is 1.00. The summed E-state index contributed by atoms with van der Waals surface area (Å²) in [6.45, 7) is 7.77. The van der Waals surface area contributed by atoms with E-state index in [2.05, 4.69) is 26.1 Å². The Morgan fingerprint density at radius 3 is 2.31 bits per heavy atom. The van der Waals surface area contributed by atoms with E-state index >= 15 is 0 Å². The first-order valence-electron chi connectivity index (χ1n) is 5.06. The second kappa shape index (κ2) is 4.56. The quantitative estimate of drug-likeness (QED) is 0.737. The summed E-state index contributed by atoms with van der Waals surface area (Å²) in [6.07, 6.45) is 2.17. The van der Waals surface area contributed by atoms with Gasteiger partial charge in [-0.1, -0.05) is 20.8 Å². The van der Waals surface area contributed by atoms with Gasteiger partial charge in [-0.05, 0) is 18.3 Å². The van der Waals surface area contributed by atoms with Crippen molar-refractivity contribution in [1.82, 2.24) is 5.32 Å². The highest BCUT2D eigenvalue weighted by molar-refractivity contribution is 7.85. The first-order valence-corrected chi connectivity index (χ1v) is 6.54. The molecule has 0 aliphatic carbocycles. The van der Waals surface area contributed by atoms with E-state index in [1.54, 1.807) is 0 Å². The van der Waals surface area contributed by atoms with Gasteiger partial charge in [-0.3, -0.25) is 4.21 Å². The van der Waals surface area contributed by atoms with Crippen molar-refractivity contribution in [3.63, 3.8) is 0 Å². The van der Waals surface area contributed by atoms with Crippen molar-refractivity contribution in [3.05, 3.63) is 0 Å². The number of hydrogen-bond donors (Lipinski definition) is 1. The fourth-order valence-electron chi connectivity index (χ4n) is 1.45. The van der Waals surface area contributed by atoms with Gasteiger partial charge in [-0.15, -0.1) is 0 Å². The molecule has 0 unspecified atom stereocenters. The summed E-state index contributed by atoms with van der Waals surface area (Å²) in [7, 11) is -0.526. The second-order valence-electron chi connectivity index (χ2n) is 5.06. The molecule has 3 heteroatoms. The summed E-state index contributed by atoms with van der Waals surface area (Å²) in [5.41, 5.74) is 0.358. The van der Waals surface area contributed by atoms with Crippen LogP contribution in [0.25, 0.3) is 0 Å². The number of nitrogens with one attached hydrogen (secondary N) is 1. The Hall–Kier alpha value is 0.110. The largest absolute Gasteiger partial charge is 0.313 e. The molecular formula is C10H21NOS. The van der Waals surface area contributed by atoms with Crippen molar-refractivity contribution >= 4 is 10.8 Å². The second-order valence-corrected chi connectivity index (χ2v) is 6.76. The molecule has 0 amide bonds. The lowest BCUT2D eigenvalue weighted by atomic mass is 9.96. The van der Waals surface area contributed by atoms with E-state index in [4.69, 9.17) is 0 Å². The van der Waals surface area contributed by atoms with Gasteiger partial charge in [0, 0.05) is 34.9 Å². The monoisotopic (exact) mass is 203 g/mol. The molecule has 78 valence electrons. The molecule has 1 heterocycles. The average Bonchev–Trinajstić information content (AvgIpc) is 2.02. The molecule has 1 aliphatic heterocycles. The Labute approximate surface area is 83.9 Å². The first-order chi connectivity index (χ1) is 5.97. The van der Waals surface area contributed by atoms with Crippen LogP contribution in [-0.2, 0) is 10.8 Å². The van der Waals surface area contributed by atoms with Gasteiger partial charge < -0.3 is 5.32 Å². The smallest absolute Gasteiger partial charge is 0.0249 e. The summed E-state index contributed by atoms with van der Waals surface area (Å²) in [4.78, 5) is 0. The van der Waals surface area contributed by atoms with E-state index in [0.717, 1.165) is 30.9 Å². The topological polar surface area (TPSA) is 29.1 Å². The Balaban J connectivity index is 2.20. The molecule has 1 fully saturated rings. The van der Waals surface area contributed by atoms with Crippen LogP contribution in [0, 0.1) is 5.41 Å². The minimum Gasteiger partial charge on any atom is -0.313 e. The van der Waals surface area contributed by atoms with Crippen LogP contribution in [0.15, 0.2) is 0 Å². The molecule has 1 saturated heterocycles. The molecular weight excluding hydrogens is 182 g/mol. The highest BCUT2D eigenvalue weighted by Gasteiger charge is 2.19. The van der Waals surface area contributed by atoms with Crippen molar-refractivity contribution < 1.29 is 4.21 Å². The van der Waals surface area contributed by atoms with Gasteiger partial charge in [-0.2, -0.15) is 0 Å². The van der Waals surface area contributed by atoms with Crippen LogP contribution in [0.4, 0.5) is 0 Å². The van der Waals surface area contributed by atoms with Gasteiger partial charge in [0.15, 0.2) is 0 Å². The molecule has 0 aromatic carbocycles. The Morgan fingerprint density at radius 2 is 1.85 bits per heavy atom. The van der Waals surface area contributed by atoms with Gasteiger partial charge >= 0.3 is 0 Å². The van der Waals surface area contributed by atoms with Crippen molar-refractivity contribution in [1.29, 1.82) is 0 Å². The maximum Gasteiger partial charge on any atom is 0.0249 e. The van der Waals surface area contributed by atoms with E-state index in [1.165, 1.54) is 0 Å². The SMILES string of the molecule is CC(C)(C)CNC1CCS(=O)CC1. The van der Waals surface area contributed by atoms with Gasteiger partial charge in [0.05, 0.1) is 0 Å². The molecule has 1 rings (SSSR count). The average molecular weight is 203 g/mol. The number of hydrogen-bond acceptors (Lipinski definition) is 2. The fourth-order valence-corrected chi connectivity index (χ4v) is 2.75. The van der Waals surface area contributed by atoms with Crippen molar-refractivity contribution in [2.45, 2.75) is 39.7 Å². The number of rotatable bonds is 2. The highest BCUT2D eigenvalue weighted by Crippen LogP contribution is 2.14. The first kappa shape index (κ1) is 11.2. The summed E-state index contributed by atoms with van der Waals surface area (Å²) < 4.78 is 11.1. The van der Waals surface area contributed by atoms with Crippen LogP contribution in [0.2, 0.25) is 0 Å². The minimum absolute atomic E-state index is 0.358. The standard InChI is InChI=1S/C10H21NOS/c1-10(2,3)8-11-9-4-6-13(12)7-5-9/h9,11H,4-8H2,1-3H3. The molecule has 2 nitrogen and oxygen atoms in total.